The topological polar surface area (TPSA) is 85.3 Å². The molecular weight excluding hydrogens is 432 g/mol. The van der Waals surface area contributed by atoms with Gasteiger partial charge in [0, 0.05) is 47.6 Å². The molecule has 1 fully saturated rings. The lowest BCUT2D eigenvalue weighted by atomic mass is 9.93. The van der Waals surface area contributed by atoms with E-state index in [0.717, 1.165) is 43.7 Å². The van der Waals surface area contributed by atoms with E-state index in [0.29, 0.717) is 23.8 Å². The third-order valence-corrected chi connectivity index (χ3v) is 6.46. The molecule has 2 heterocycles. The number of aliphatic hydroxyl groups is 1. The van der Waals surface area contributed by atoms with E-state index >= 15 is 0 Å². The molecule has 1 aliphatic heterocycles. The molecule has 2 aromatic rings. The van der Waals surface area contributed by atoms with Crippen LogP contribution in [0, 0.1) is 0 Å². The summed E-state index contributed by atoms with van der Waals surface area (Å²) in [6, 6.07) is 11.1. The molecule has 1 aromatic heterocycles. The SMILES string of the molecule is C=C(C)Nc1ccnc(Nc2ccc(SNC3CCN(CC(C)(C)O)C(CCC)C3)cc2)n1. The molecule has 1 aromatic carbocycles. The standard InChI is InChI=1S/C25H38N6OS/c1-6-7-21-16-20(13-15-31(21)17-25(4,5)32)30-33-22-10-8-19(9-11-22)28-24-26-14-12-23(29-24)27-18(2)3/h8-12,14,20-21,30,32H,2,6-7,13,15-17H2,1,3-5H3,(H2,26,27,28,29). The van der Waals surface area contributed by atoms with Crippen LogP contribution in [0.5, 0.6) is 0 Å². The van der Waals surface area contributed by atoms with Gasteiger partial charge in [0.2, 0.25) is 5.95 Å². The smallest absolute Gasteiger partial charge is 0.229 e. The number of β-amino-alcohol motifs (C(OH)–C–C–N with tert-alkyl or cyclic N) is 1. The van der Waals surface area contributed by atoms with Crippen molar-refractivity contribution in [3.05, 3.63) is 48.8 Å². The zero-order valence-corrected chi connectivity index (χ0v) is 21.1. The Morgan fingerprint density at radius 3 is 2.70 bits per heavy atom. The molecule has 0 radical (unpaired) electrons. The third kappa shape index (κ3) is 8.62. The molecule has 0 aliphatic carbocycles. The van der Waals surface area contributed by atoms with Gasteiger partial charge in [-0.15, -0.1) is 0 Å². The van der Waals surface area contributed by atoms with Crippen LogP contribution in [0.1, 0.15) is 53.4 Å². The summed E-state index contributed by atoms with van der Waals surface area (Å²) in [6.45, 7) is 13.5. The number of anilines is 3. The Morgan fingerprint density at radius 2 is 2.03 bits per heavy atom. The second kappa shape index (κ2) is 11.8. The van der Waals surface area contributed by atoms with E-state index in [9.17, 15) is 5.11 Å². The Labute approximate surface area is 202 Å². The summed E-state index contributed by atoms with van der Waals surface area (Å²) in [6.07, 6.45) is 6.26. The van der Waals surface area contributed by atoms with E-state index < -0.39 is 5.60 Å². The van der Waals surface area contributed by atoms with Crippen molar-refractivity contribution in [2.45, 2.75) is 76.0 Å². The van der Waals surface area contributed by atoms with Gasteiger partial charge in [0.25, 0.3) is 0 Å². The predicted octanol–water partition coefficient (Wildman–Crippen LogP) is 5.17. The van der Waals surface area contributed by atoms with E-state index in [1.165, 1.54) is 11.3 Å². The molecule has 4 N–H and O–H groups in total. The second-order valence-corrected chi connectivity index (χ2v) is 10.4. The summed E-state index contributed by atoms with van der Waals surface area (Å²) < 4.78 is 3.67. The maximum Gasteiger partial charge on any atom is 0.229 e. The lowest BCUT2D eigenvalue weighted by Crippen LogP contribution is -2.51. The van der Waals surface area contributed by atoms with Gasteiger partial charge in [-0.05, 0) is 82.3 Å². The molecule has 1 saturated heterocycles. The number of piperidine rings is 1. The number of hydrogen-bond donors (Lipinski definition) is 4. The van der Waals surface area contributed by atoms with Gasteiger partial charge in [-0.3, -0.25) is 9.62 Å². The number of nitrogens with one attached hydrogen (secondary N) is 3. The van der Waals surface area contributed by atoms with Crippen molar-refractivity contribution >= 4 is 29.4 Å². The molecule has 8 heteroatoms. The van der Waals surface area contributed by atoms with Crippen molar-refractivity contribution in [1.82, 2.24) is 19.6 Å². The fourth-order valence-corrected chi connectivity index (χ4v) is 4.93. The minimum Gasteiger partial charge on any atom is -0.389 e. The average molecular weight is 471 g/mol. The normalized spacial score (nSPS) is 19.3. The van der Waals surface area contributed by atoms with E-state index in [1.807, 2.05) is 39.0 Å². The minimum absolute atomic E-state index is 0.472. The molecular formula is C25H38N6OS. The van der Waals surface area contributed by atoms with Crippen molar-refractivity contribution in [2.24, 2.45) is 0 Å². The number of hydrogen-bond acceptors (Lipinski definition) is 8. The van der Waals surface area contributed by atoms with Gasteiger partial charge in [0.05, 0.1) is 5.60 Å². The van der Waals surface area contributed by atoms with Gasteiger partial charge in [-0.2, -0.15) is 4.98 Å². The molecule has 33 heavy (non-hydrogen) atoms. The van der Waals surface area contributed by atoms with Crippen LogP contribution in [0.15, 0.2) is 53.7 Å². The number of rotatable bonds is 11. The molecule has 0 amide bonds. The highest BCUT2D eigenvalue weighted by molar-refractivity contribution is 7.97. The van der Waals surface area contributed by atoms with Crippen LogP contribution in [0.4, 0.5) is 17.5 Å². The number of allylic oxidation sites excluding steroid dienone is 1. The minimum atomic E-state index is -0.649. The lowest BCUT2D eigenvalue weighted by Gasteiger charge is -2.42. The van der Waals surface area contributed by atoms with Gasteiger partial charge in [0.1, 0.15) is 5.82 Å². The number of likely N-dealkylation sites (tertiary alicyclic amines) is 1. The fraction of sp³-hybridized carbons (Fsp3) is 0.520. The summed E-state index contributed by atoms with van der Waals surface area (Å²) in [7, 11) is 0. The highest BCUT2D eigenvalue weighted by Gasteiger charge is 2.30. The summed E-state index contributed by atoms with van der Waals surface area (Å²) in [5.41, 5.74) is 1.12. The van der Waals surface area contributed by atoms with Crippen molar-refractivity contribution in [3.63, 3.8) is 0 Å². The third-order valence-electron chi connectivity index (χ3n) is 5.50. The lowest BCUT2D eigenvalue weighted by molar-refractivity contribution is 0.00452. The van der Waals surface area contributed by atoms with Crippen LogP contribution >= 0.6 is 11.9 Å². The summed E-state index contributed by atoms with van der Waals surface area (Å²) >= 11 is 1.69. The van der Waals surface area contributed by atoms with Crippen molar-refractivity contribution in [2.75, 3.05) is 23.7 Å². The maximum absolute atomic E-state index is 10.3. The first-order valence-corrected chi connectivity index (χ1v) is 12.5. The molecule has 0 saturated carbocycles. The van der Waals surface area contributed by atoms with E-state index in [4.69, 9.17) is 0 Å². The van der Waals surface area contributed by atoms with E-state index in [-0.39, 0.29) is 0 Å². The van der Waals surface area contributed by atoms with Crippen molar-refractivity contribution in [3.8, 4) is 0 Å². The largest absolute Gasteiger partial charge is 0.389 e. The first kappa shape index (κ1) is 25.5. The van der Waals surface area contributed by atoms with Gasteiger partial charge in [-0.25, -0.2) is 4.98 Å². The molecule has 2 atom stereocenters. The highest BCUT2D eigenvalue weighted by Crippen LogP contribution is 2.27. The zero-order valence-electron chi connectivity index (χ0n) is 20.3. The van der Waals surface area contributed by atoms with Gasteiger partial charge in [0.15, 0.2) is 0 Å². The molecule has 180 valence electrons. The quantitative estimate of drug-likeness (QED) is 0.335. The fourth-order valence-electron chi connectivity index (χ4n) is 4.14. The van der Waals surface area contributed by atoms with Crippen LogP contribution in [0.3, 0.4) is 0 Å². The molecule has 3 rings (SSSR count). The van der Waals surface area contributed by atoms with Crippen LogP contribution in [-0.4, -0.2) is 50.7 Å². The van der Waals surface area contributed by atoms with Gasteiger partial charge >= 0.3 is 0 Å². The van der Waals surface area contributed by atoms with Gasteiger partial charge in [-0.1, -0.05) is 19.9 Å². The Balaban J connectivity index is 1.51. The van der Waals surface area contributed by atoms with Crippen LogP contribution < -0.4 is 15.4 Å². The van der Waals surface area contributed by atoms with E-state index in [2.05, 4.69) is 55.9 Å². The van der Waals surface area contributed by atoms with Crippen molar-refractivity contribution in [1.29, 1.82) is 0 Å². The molecule has 1 aliphatic rings. The van der Waals surface area contributed by atoms with Crippen LogP contribution in [0.2, 0.25) is 0 Å². The Morgan fingerprint density at radius 1 is 1.27 bits per heavy atom. The Bertz CT molecular complexity index is 899. The summed E-state index contributed by atoms with van der Waals surface area (Å²) in [4.78, 5) is 12.4. The average Bonchev–Trinajstić information content (AvgIpc) is 2.74. The number of nitrogens with zero attached hydrogens (tertiary/aromatic N) is 3. The molecule has 7 nitrogen and oxygen atoms in total. The van der Waals surface area contributed by atoms with Crippen molar-refractivity contribution < 1.29 is 5.11 Å². The van der Waals surface area contributed by atoms with Gasteiger partial charge < -0.3 is 15.7 Å². The molecule has 2 unspecified atom stereocenters. The molecule has 0 spiro atoms. The van der Waals surface area contributed by atoms with Crippen LogP contribution in [-0.2, 0) is 0 Å². The summed E-state index contributed by atoms with van der Waals surface area (Å²) in [5.74, 6) is 1.26. The monoisotopic (exact) mass is 470 g/mol. The number of aromatic nitrogens is 2. The first-order chi connectivity index (χ1) is 15.7. The molecule has 0 bridgehead atoms. The predicted molar refractivity (Wildman–Crippen MR) is 139 cm³/mol. The zero-order chi connectivity index (χ0) is 23.8. The highest BCUT2D eigenvalue weighted by atomic mass is 32.2. The number of benzene rings is 1. The van der Waals surface area contributed by atoms with Crippen LogP contribution in [0.25, 0.3) is 0 Å². The Kier molecular flexibility index (Phi) is 9.14. The summed E-state index contributed by atoms with van der Waals surface area (Å²) in [5, 5.41) is 16.6. The maximum atomic E-state index is 10.3. The Hall–Kier alpha value is -2.13. The second-order valence-electron chi connectivity index (χ2n) is 9.49. The van der Waals surface area contributed by atoms with E-state index in [1.54, 1.807) is 18.1 Å². The first-order valence-electron chi connectivity index (χ1n) is 11.7.